The smallest absolute Gasteiger partial charge is 0.0870 e. The van der Waals surface area contributed by atoms with Crippen molar-refractivity contribution >= 4 is 35.8 Å². The van der Waals surface area contributed by atoms with E-state index in [9.17, 15) is 0 Å². The predicted molar refractivity (Wildman–Crippen MR) is 30.0 cm³/mol. The van der Waals surface area contributed by atoms with Gasteiger partial charge in [-0.05, 0) is 0 Å². The third-order valence-electron chi connectivity index (χ3n) is 0.500. The third kappa shape index (κ3) is 31.3. The van der Waals surface area contributed by atoms with E-state index < -0.39 is 35.8 Å². The number of carbonyl (C=O) groups is 6. The summed E-state index contributed by atoms with van der Waals surface area (Å²) in [6.45, 7) is 0. The van der Waals surface area contributed by atoms with Gasteiger partial charge >= 0.3 is 0 Å². The molecule has 0 rings (SSSR count). The van der Waals surface area contributed by atoms with E-state index in [-0.39, 0.29) is 21.1 Å². The van der Waals surface area contributed by atoms with Gasteiger partial charge in [0.25, 0.3) is 0 Å². The average molecular weight is 448 g/mol. The fourth-order valence-corrected chi connectivity index (χ4v) is 0. The minimum atomic E-state index is -2.19. The molecule has 108 valence electrons. The van der Waals surface area contributed by atoms with Crippen LogP contribution in [0.5, 0.6) is 0 Å². The summed E-state index contributed by atoms with van der Waals surface area (Å²) in [5.74, 6) is -13.1. The molecule has 0 spiro atoms. The number of carboxylic acid groups (broad SMARTS) is 6. The monoisotopic (exact) mass is 448 g/mol. The Morgan fingerprint density at radius 3 is 0.421 bits per heavy atom. The van der Waals surface area contributed by atoms with Crippen LogP contribution >= 0.6 is 0 Å². The molecule has 0 aromatic heterocycles. The van der Waals surface area contributed by atoms with Crippen molar-refractivity contribution in [2.75, 3.05) is 0 Å². The first-order valence-corrected chi connectivity index (χ1v) is 3.20. The molecule has 0 aliphatic carbocycles. The minimum Gasteiger partial charge on any atom is -0.543 e. The van der Waals surface area contributed by atoms with E-state index in [1.165, 1.54) is 0 Å². The first-order chi connectivity index (χ1) is 7.93. The van der Waals surface area contributed by atoms with Crippen LogP contribution in [0.2, 0.25) is 0 Å². The number of carboxylic acids is 6. The van der Waals surface area contributed by atoms with Gasteiger partial charge in [-0.2, -0.15) is 0 Å². The number of carbonyl (C=O) groups excluding carboxylic acids is 6. The van der Waals surface area contributed by atoms with Crippen LogP contribution in [0.3, 0.4) is 0 Å². The molecule has 0 radical (unpaired) electrons. The second-order valence-corrected chi connectivity index (χ2v) is 1.72. The molecule has 0 unspecified atom stereocenters. The van der Waals surface area contributed by atoms with Crippen LogP contribution in [-0.4, -0.2) is 35.8 Å². The van der Waals surface area contributed by atoms with Gasteiger partial charge in [-0.1, -0.05) is 0 Å². The Morgan fingerprint density at radius 1 is 0.368 bits per heavy atom. The van der Waals surface area contributed by atoms with Gasteiger partial charge in [-0.25, -0.2) is 0 Å². The van der Waals surface area contributed by atoms with Crippen molar-refractivity contribution in [2.24, 2.45) is 0 Å². The van der Waals surface area contributed by atoms with E-state index >= 15 is 0 Å². The van der Waals surface area contributed by atoms with E-state index in [0.29, 0.717) is 0 Å². The number of hydrogen-bond acceptors (Lipinski definition) is 12. The minimum absolute atomic E-state index is 0. The van der Waals surface area contributed by atoms with Crippen LogP contribution in [0.4, 0.5) is 0 Å². The Balaban J connectivity index is -0.0000000865. The van der Waals surface area contributed by atoms with Gasteiger partial charge in [0, 0.05) is 21.1 Å². The van der Waals surface area contributed by atoms with E-state index in [4.69, 9.17) is 59.4 Å². The predicted octanol–water partition coefficient (Wildman–Crippen LogP) is -10.5. The van der Waals surface area contributed by atoms with Crippen molar-refractivity contribution in [2.45, 2.75) is 0 Å². The SMILES string of the molecule is O=C([O-])C(=O)[O-].O=C([O-])C(=O)[O-].O=C([O-])C(=O)[O-].[W]. The summed E-state index contributed by atoms with van der Waals surface area (Å²) in [7, 11) is 0. The van der Waals surface area contributed by atoms with Crippen molar-refractivity contribution < 1.29 is 80.5 Å². The standard InChI is InChI=1S/3C2H2O4.W/c3*3-1(4)2(5)6;/h3*(H,3,4)(H,5,6);/p-6. The van der Waals surface area contributed by atoms with Gasteiger partial charge in [0.1, 0.15) is 0 Å². The fourth-order valence-electron chi connectivity index (χ4n) is 0. The number of rotatable bonds is 0. The number of aliphatic carboxylic acids is 6. The maximum atomic E-state index is 8.93. The first kappa shape index (κ1) is 25.4. The molecule has 0 atom stereocenters. The summed E-state index contributed by atoms with van der Waals surface area (Å²) in [4.78, 5) is 53.6. The van der Waals surface area contributed by atoms with Crippen molar-refractivity contribution in [3.63, 3.8) is 0 Å². The van der Waals surface area contributed by atoms with E-state index in [0.717, 1.165) is 0 Å². The molecule has 0 fully saturated rings. The summed E-state index contributed by atoms with van der Waals surface area (Å²) < 4.78 is 0. The summed E-state index contributed by atoms with van der Waals surface area (Å²) in [5.41, 5.74) is 0. The normalized spacial score (nSPS) is 6.95. The second-order valence-electron chi connectivity index (χ2n) is 1.72. The summed E-state index contributed by atoms with van der Waals surface area (Å²) >= 11 is 0. The Morgan fingerprint density at radius 2 is 0.421 bits per heavy atom. The maximum absolute atomic E-state index is 8.93. The van der Waals surface area contributed by atoms with Crippen LogP contribution in [0.15, 0.2) is 0 Å². The zero-order valence-corrected chi connectivity index (χ0v) is 11.2. The molecule has 0 bridgehead atoms. The fraction of sp³-hybridized carbons (Fsp3) is 0. The largest absolute Gasteiger partial charge is 0.543 e. The third-order valence-corrected chi connectivity index (χ3v) is 0.500. The van der Waals surface area contributed by atoms with E-state index in [1.54, 1.807) is 0 Å². The van der Waals surface area contributed by atoms with Gasteiger partial charge in [0.15, 0.2) is 0 Å². The molecule has 0 saturated carbocycles. The summed E-state index contributed by atoms with van der Waals surface area (Å²) in [6.07, 6.45) is 0. The Hall–Kier alpha value is -2.49. The van der Waals surface area contributed by atoms with Gasteiger partial charge in [0.05, 0.1) is 35.8 Å². The van der Waals surface area contributed by atoms with Gasteiger partial charge in [-0.15, -0.1) is 0 Å². The van der Waals surface area contributed by atoms with Crippen molar-refractivity contribution in [3.05, 3.63) is 0 Å². The molecule has 0 heterocycles. The van der Waals surface area contributed by atoms with Crippen LogP contribution in [0.1, 0.15) is 0 Å². The van der Waals surface area contributed by atoms with Crippen LogP contribution in [0, 0.1) is 0 Å². The molecule has 13 heteroatoms. The molecule has 0 aliphatic rings. The number of hydrogen-bond donors (Lipinski definition) is 0. The van der Waals surface area contributed by atoms with E-state index in [2.05, 4.69) is 0 Å². The maximum Gasteiger partial charge on any atom is 0.0870 e. The molecule has 0 saturated heterocycles. The van der Waals surface area contributed by atoms with Crippen LogP contribution in [0.25, 0.3) is 0 Å². The molecular formula is C6O12W-6. The average Bonchev–Trinajstić information content (AvgIpc) is 2.18. The first-order valence-electron chi connectivity index (χ1n) is 3.20. The van der Waals surface area contributed by atoms with Gasteiger partial charge < -0.3 is 59.4 Å². The molecule has 0 amide bonds. The molecule has 0 aromatic carbocycles. The summed E-state index contributed by atoms with van der Waals surface area (Å²) in [5, 5.41) is 53.6. The molecule has 0 aliphatic heterocycles. The van der Waals surface area contributed by atoms with Crippen LogP contribution < -0.4 is 30.6 Å². The molecular weight excluding hydrogens is 448 g/mol. The molecule has 0 N–H and O–H groups in total. The van der Waals surface area contributed by atoms with E-state index in [1.807, 2.05) is 0 Å². The van der Waals surface area contributed by atoms with Crippen LogP contribution in [-0.2, 0) is 49.8 Å². The topological polar surface area (TPSA) is 241 Å². The Bertz CT molecular complexity index is 277. The zero-order valence-electron chi connectivity index (χ0n) is 8.31. The van der Waals surface area contributed by atoms with Gasteiger partial charge in [0.2, 0.25) is 0 Å². The zero-order chi connectivity index (χ0) is 15.5. The molecule has 19 heavy (non-hydrogen) atoms. The van der Waals surface area contributed by atoms with Crippen molar-refractivity contribution in [3.8, 4) is 0 Å². The molecule has 12 nitrogen and oxygen atoms in total. The molecule has 0 aromatic rings. The Kier molecular flexibility index (Phi) is 18.1. The summed E-state index contributed by atoms with van der Waals surface area (Å²) in [6, 6.07) is 0. The Labute approximate surface area is 117 Å². The second kappa shape index (κ2) is 13.6. The quantitative estimate of drug-likeness (QED) is 0.314. The van der Waals surface area contributed by atoms with Crippen molar-refractivity contribution in [1.29, 1.82) is 0 Å². The van der Waals surface area contributed by atoms with Gasteiger partial charge in [-0.3, -0.25) is 0 Å². The van der Waals surface area contributed by atoms with Crippen molar-refractivity contribution in [1.82, 2.24) is 0 Å².